The topological polar surface area (TPSA) is 81.2 Å². The molecule has 0 aliphatic carbocycles. The molecule has 1 aromatic rings. The van der Waals surface area contributed by atoms with E-state index in [1.165, 1.54) is 18.9 Å². The van der Waals surface area contributed by atoms with Crippen LogP contribution in [0.2, 0.25) is 0 Å². The van der Waals surface area contributed by atoms with Gasteiger partial charge in [-0.25, -0.2) is 9.97 Å². The first-order valence-electron chi connectivity index (χ1n) is 4.81. The van der Waals surface area contributed by atoms with Gasteiger partial charge in [0.05, 0.1) is 7.11 Å². The lowest BCUT2D eigenvalue weighted by Gasteiger charge is -2.05. The van der Waals surface area contributed by atoms with Gasteiger partial charge in [0.25, 0.3) is 5.91 Å². The third-order valence-electron chi connectivity index (χ3n) is 1.87. The van der Waals surface area contributed by atoms with Crippen molar-refractivity contribution in [2.45, 2.75) is 12.1 Å². The van der Waals surface area contributed by atoms with Gasteiger partial charge in [0.15, 0.2) is 5.16 Å². The number of hydrogen-bond donors (Lipinski definition) is 1. The highest BCUT2D eigenvalue weighted by Gasteiger charge is 2.11. The molecule has 0 aromatic carbocycles. The molecule has 0 saturated carbocycles. The Morgan fingerprint density at radius 2 is 2.18 bits per heavy atom. The molecule has 1 N–H and O–H groups in total. The number of ether oxygens (including phenoxy) is 1. The van der Waals surface area contributed by atoms with Crippen LogP contribution in [-0.4, -0.2) is 41.8 Å². The quantitative estimate of drug-likeness (QED) is 0.477. The highest BCUT2D eigenvalue weighted by atomic mass is 32.2. The fourth-order valence-corrected chi connectivity index (χ4v) is 1.49. The molecule has 0 bridgehead atoms. The van der Waals surface area contributed by atoms with Gasteiger partial charge in [0.2, 0.25) is 0 Å². The molecule has 1 aromatic heterocycles. The van der Waals surface area contributed by atoms with E-state index in [4.69, 9.17) is 0 Å². The molecule has 0 spiro atoms. The van der Waals surface area contributed by atoms with Gasteiger partial charge in [-0.15, -0.1) is 0 Å². The molecule has 0 aliphatic heterocycles. The van der Waals surface area contributed by atoms with Crippen molar-refractivity contribution in [3.05, 3.63) is 17.5 Å². The first-order chi connectivity index (χ1) is 8.06. The molecule has 1 heterocycles. The maximum Gasteiger partial charge on any atom is 0.325 e. The Morgan fingerprint density at radius 3 is 2.76 bits per heavy atom. The van der Waals surface area contributed by atoms with Crippen molar-refractivity contribution in [1.29, 1.82) is 0 Å². The molecule has 0 fully saturated rings. The van der Waals surface area contributed by atoms with E-state index in [0.717, 1.165) is 0 Å². The van der Waals surface area contributed by atoms with Crippen molar-refractivity contribution in [2.24, 2.45) is 0 Å². The average molecular weight is 255 g/mol. The van der Waals surface area contributed by atoms with Crippen LogP contribution in [0.4, 0.5) is 0 Å². The lowest BCUT2D eigenvalue weighted by Crippen LogP contribution is -2.30. The van der Waals surface area contributed by atoms with Crippen LogP contribution in [0.3, 0.4) is 0 Å². The van der Waals surface area contributed by atoms with Gasteiger partial charge < -0.3 is 10.1 Å². The molecule has 0 unspecified atom stereocenters. The average Bonchev–Trinajstić information content (AvgIpc) is 2.34. The summed E-state index contributed by atoms with van der Waals surface area (Å²) in [5, 5.41) is 2.94. The van der Waals surface area contributed by atoms with E-state index >= 15 is 0 Å². The van der Waals surface area contributed by atoms with Crippen molar-refractivity contribution < 1.29 is 14.3 Å². The number of carbonyl (C=O) groups excluding carboxylic acids is 2. The van der Waals surface area contributed by atoms with E-state index in [-0.39, 0.29) is 12.2 Å². The molecule has 92 valence electrons. The van der Waals surface area contributed by atoms with Crippen LogP contribution >= 0.6 is 11.8 Å². The highest BCUT2D eigenvalue weighted by molar-refractivity contribution is 7.98. The number of aromatic nitrogens is 2. The number of rotatable bonds is 4. The fourth-order valence-electron chi connectivity index (χ4n) is 1.06. The minimum atomic E-state index is -0.505. The minimum absolute atomic E-state index is 0.174. The zero-order valence-corrected chi connectivity index (χ0v) is 10.6. The van der Waals surface area contributed by atoms with Crippen molar-refractivity contribution in [3.63, 3.8) is 0 Å². The molecule has 1 amide bonds. The van der Waals surface area contributed by atoms with Gasteiger partial charge >= 0.3 is 5.97 Å². The zero-order chi connectivity index (χ0) is 12.8. The number of thioether (sulfide) groups is 1. The monoisotopic (exact) mass is 255 g/mol. The second kappa shape index (κ2) is 6.19. The standard InChI is InChI=1S/C10H13N3O3S/c1-6-4-7(13-10(12-6)17-3)9(15)11-5-8(14)16-2/h4H,5H2,1-3H3,(H,11,15). The zero-order valence-electron chi connectivity index (χ0n) is 9.81. The Hall–Kier alpha value is -1.63. The van der Waals surface area contributed by atoms with E-state index in [1.807, 2.05) is 6.26 Å². The second-order valence-electron chi connectivity index (χ2n) is 3.14. The molecule has 0 atom stereocenters. The van der Waals surface area contributed by atoms with E-state index in [0.29, 0.717) is 10.9 Å². The summed E-state index contributed by atoms with van der Waals surface area (Å²) in [6, 6.07) is 1.56. The summed E-state index contributed by atoms with van der Waals surface area (Å²) in [5.41, 5.74) is 0.943. The fraction of sp³-hybridized carbons (Fsp3) is 0.400. The van der Waals surface area contributed by atoms with Crippen LogP contribution in [0.1, 0.15) is 16.2 Å². The Balaban J connectivity index is 2.74. The molecule has 7 heteroatoms. The third-order valence-corrected chi connectivity index (χ3v) is 2.42. The SMILES string of the molecule is COC(=O)CNC(=O)c1cc(C)nc(SC)n1. The number of hydrogen-bond acceptors (Lipinski definition) is 6. The maximum absolute atomic E-state index is 11.7. The van der Waals surface area contributed by atoms with Crippen molar-refractivity contribution in [3.8, 4) is 0 Å². The molecule has 0 saturated heterocycles. The predicted molar refractivity (Wildman–Crippen MR) is 62.9 cm³/mol. The molecule has 6 nitrogen and oxygen atoms in total. The Morgan fingerprint density at radius 1 is 1.47 bits per heavy atom. The van der Waals surface area contributed by atoms with E-state index < -0.39 is 11.9 Å². The summed E-state index contributed by atoms with van der Waals surface area (Å²) < 4.78 is 4.41. The lowest BCUT2D eigenvalue weighted by atomic mass is 10.3. The number of amides is 1. The highest BCUT2D eigenvalue weighted by Crippen LogP contribution is 2.10. The van der Waals surface area contributed by atoms with Crippen LogP contribution < -0.4 is 5.32 Å². The Bertz CT molecular complexity index is 437. The van der Waals surface area contributed by atoms with E-state index in [9.17, 15) is 9.59 Å². The van der Waals surface area contributed by atoms with Crippen LogP contribution in [0.25, 0.3) is 0 Å². The van der Waals surface area contributed by atoms with Gasteiger partial charge in [-0.05, 0) is 19.2 Å². The molecular formula is C10H13N3O3S. The largest absolute Gasteiger partial charge is 0.468 e. The normalized spacial score (nSPS) is 9.82. The summed E-state index contributed by atoms with van der Waals surface area (Å²) in [7, 11) is 1.26. The van der Waals surface area contributed by atoms with Crippen LogP contribution in [-0.2, 0) is 9.53 Å². The van der Waals surface area contributed by atoms with Gasteiger partial charge in [0.1, 0.15) is 12.2 Å². The Labute approximate surface area is 103 Å². The first kappa shape index (κ1) is 13.4. The molecule has 1 rings (SSSR count). The third kappa shape index (κ3) is 4.03. The number of methoxy groups -OCH3 is 1. The van der Waals surface area contributed by atoms with Crippen LogP contribution in [0.5, 0.6) is 0 Å². The number of nitrogens with zero attached hydrogens (tertiary/aromatic N) is 2. The summed E-state index contributed by atoms with van der Waals surface area (Å²) in [5.74, 6) is -0.926. The number of nitrogens with one attached hydrogen (secondary N) is 1. The molecule has 0 radical (unpaired) electrons. The maximum atomic E-state index is 11.7. The molecule has 0 aliphatic rings. The predicted octanol–water partition coefficient (Wildman–Crippen LogP) is 0.410. The van der Waals surface area contributed by atoms with Gasteiger partial charge in [-0.2, -0.15) is 0 Å². The van der Waals surface area contributed by atoms with Gasteiger partial charge in [-0.1, -0.05) is 11.8 Å². The summed E-state index contributed by atoms with van der Waals surface area (Å²) >= 11 is 1.35. The van der Waals surface area contributed by atoms with Crippen molar-refractivity contribution >= 4 is 23.6 Å². The summed E-state index contributed by atoms with van der Waals surface area (Å²) in [6.45, 7) is 1.60. The molecular weight excluding hydrogens is 242 g/mol. The second-order valence-corrected chi connectivity index (χ2v) is 3.91. The minimum Gasteiger partial charge on any atom is -0.468 e. The first-order valence-corrected chi connectivity index (χ1v) is 6.04. The van der Waals surface area contributed by atoms with Crippen LogP contribution in [0, 0.1) is 6.92 Å². The van der Waals surface area contributed by atoms with E-state index in [2.05, 4.69) is 20.0 Å². The van der Waals surface area contributed by atoms with Crippen LogP contribution in [0.15, 0.2) is 11.2 Å². The van der Waals surface area contributed by atoms with Gasteiger partial charge in [0, 0.05) is 5.69 Å². The smallest absolute Gasteiger partial charge is 0.325 e. The van der Waals surface area contributed by atoms with Crippen molar-refractivity contribution in [1.82, 2.24) is 15.3 Å². The number of aryl methyl sites for hydroxylation is 1. The summed E-state index contributed by atoms with van der Waals surface area (Å²) in [6.07, 6.45) is 1.82. The number of esters is 1. The number of carbonyl (C=O) groups is 2. The lowest BCUT2D eigenvalue weighted by molar-refractivity contribution is -0.139. The van der Waals surface area contributed by atoms with Crippen molar-refractivity contribution in [2.75, 3.05) is 19.9 Å². The Kier molecular flexibility index (Phi) is 4.89. The summed E-state index contributed by atoms with van der Waals surface area (Å²) in [4.78, 5) is 30.7. The van der Waals surface area contributed by atoms with E-state index in [1.54, 1.807) is 13.0 Å². The molecule has 17 heavy (non-hydrogen) atoms. The van der Waals surface area contributed by atoms with Gasteiger partial charge in [-0.3, -0.25) is 9.59 Å².